The number of nitrogens with one attached hydrogen (secondary N) is 1. The minimum Gasteiger partial charge on any atom is -0.493 e. The molecule has 146 valence electrons. The second-order valence-corrected chi connectivity index (χ2v) is 7.06. The Morgan fingerprint density at radius 2 is 1.74 bits per heavy atom. The second-order valence-electron chi connectivity index (χ2n) is 5.31. The molecule has 27 heavy (non-hydrogen) atoms. The van der Waals surface area contributed by atoms with Crippen molar-refractivity contribution in [2.75, 3.05) is 13.4 Å². The van der Waals surface area contributed by atoms with Gasteiger partial charge in [0.25, 0.3) is 5.91 Å². The van der Waals surface area contributed by atoms with Gasteiger partial charge in [0, 0.05) is 5.56 Å². The van der Waals surface area contributed by atoms with Gasteiger partial charge in [-0.3, -0.25) is 4.79 Å². The average Bonchev–Trinajstić information content (AvgIpc) is 2.54. The van der Waals surface area contributed by atoms with Gasteiger partial charge in [0.1, 0.15) is 11.6 Å². The highest BCUT2D eigenvalue weighted by Crippen LogP contribution is 2.37. The van der Waals surface area contributed by atoms with Crippen molar-refractivity contribution in [1.29, 1.82) is 0 Å². The normalized spacial score (nSPS) is 11.8. The van der Waals surface area contributed by atoms with Crippen LogP contribution in [0.25, 0.3) is 0 Å². The topological polar surface area (TPSA) is 81.7 Å². The van der Waals surface area contributed by atoms with Crippen molar-refractivity contribution in [1.82, 2.24) is 4.72 Å². The number of carbonyl (C=O) groups excluding carboxylic acids is 1. The van der Waals surface area contributed by atoms with E-state index in [1.54, 1.807) is 4.72 Å². The first-order chi connectivity index (χ1) is 12.4. The van der Waals surface area contributed by atoms with Crippen LogP contribution in [0.2, 0.25) is 0 Å². The highest BCUT2D eigenvalue weighted by atomic mass is 32.2. The van der Waals surface area contributed by atoms with Crippen molar-refractivity contribution in [3.63, 3.8) is 0 Å². The quantitative estimate of drug-likeness (QED) is 0.769. The minimum atomic E-state index is -4.90. The van der Waals surface area contributed by atoms with Gasteiger partial charge in [0.05, 0.1) is 18.9 Å². The predicted molar refractivity (Wildman–Crippen MR) is 86.8 cm³/mol. The number of hydrogen-bond donors (Lipinski definition) is 1. The fraction of sp³-hybridized carbons (Fsp3) is 0.188. The molecule has 0 atom stereocenters. The molecule has 0 heterocycles. The van der Waals surface area contributed by atoms with E-state index in [-0.39, 0.29) is 22.8 Å². The van der Waals surface area contributed by atoms with Gasteiger partial charge in [-0.05, 0) is 36.4 Å². The third-order valence-electron chi connectivity index (χ3n) is 3.17. The van der Waals surface area contributed by atoms with E-state index in [2.05, 4.69) is 0 Å². The Labute approximate surface area is 151 Å². The molecule has 0 saturated heterocycles. The summed E-state index contributed by atoms with van der Waals surface area (Å²) in [6, 6.07) is 5.62. The fourth-order valence-electron chi connectivity index (χ4n) is 2.03. The van der Waals surface area contributed by atoms with Crippen LogP contribution in [0.5, 0.6) is 17.2 Å². The van der Waals surface area contributed by atoms with E-state index in [4.69, 9.17) is 9.47 Å². The van der Waals surface area contributed by atoms with Gasteiger partial charge < -0.3 is 9.47 Å². The fourth-order valence-corrected chi connectivity index (χ4v) is 2.49. The number of hydrogen-bond acceptors (Lipinski definition) is 5. The Kier molecular flexibility index (Phi) is 5.64. The number of carbonyl (C=O) groups is 1. The van der Waals surface area contributed by atoms with Crippen molar-refractivity contribution >= 4 is 15.9 Å². The summed E-state index contributed by atoms with van der Waals surface area (Å²) in [6.45, 7) is 0. The molecular formula is C16H13F4NO5S. The zero-order chi connectivity index (χ0) is 20.4. The van der Waals surface area contributed by atoms with E-state index in [0.29, 0.717) is 12.1 Å². The van der Waals surface area contributed by atoms with Crippen LogP contribution in [0.3, 0.4) is 0 Å². The van der Waals surface area contributed by atoms with Crippen molar-refractivity contribution in [3.8, 4) is 17.2 Å². The predicted octanol–water partition coefficient (Wildman–Crippen LogP) is 3.33. The highest BCUT2D eigenvalue weighted by molar-refractivity contribution is 7.89. The van der Waals surface area contributed by atoms with E-state index >= 15 is 0 Å². The summed E-state index contributed by atoms with van der Waals surface area (Å²) in [5, 5.41) is 0. The molecule has 11 heteroatoms. The Morgan fingerprint density at radius 3 is 2.30 bits per heavy atom. The lowest BCUT2D eigenvalue weighted by atomic mass is 10.2. The molecule has 0 radical (unpaired) electrons. The summed E-state index contributed by atoms with van der Waals surface area (Å²) in [5.41, 5.74) is -1.58. The van der Waals surface area contributed by atoms with E-state index in [0.717, 1.165) is 18.4 Å². The van der Waals surface area contributed by atoms with Crippen LogP contribution in [-0.2, 0) is 16.2 Å². The number of sulfonamides is 1. The molecule has 2 aromatic rings. The van der Waals surface area contributed by atoms with E-state index in [1.807, 2.05) is 0 Å². The third kappa shape index (κ3) is 5.33. The molecule has 0 saturated carbocycles. The van der Waals surface area contributed by atoms with E-state index in [1.165, 1.54) is 19.2 Å². The van der Waals surface area contributed by atoms with Gasteiger partial charge in [0.15, 0.2) is 11.5 Å². The van der Waals surface area contributed by atoms with Crippen LogP contribution < -0.4 is 14.2 Å². The van der Waals surface area contributed by atoms with Gasteiger partial charge in [-0.15, -0.1) is 0 Å². The van der Waals surface area contributed by atoms with Crippen LogP contribution in [0.1, 0.15) is 15.9 Å². The molecule has 0 fully saturated rings. The van der Waals surface area contributed by atoms with Crippen LogP contribution in [-0.4, -0.2) is 27.7 Å². The summed E-state index contributed by atoms with van der Waals surface area (Å²) >= 11 is 0. The van der Waals surface area contributed by atoms with Gasteiger partial charge in [-0.1, -0.05) is 0 Å². The monoisotopic (exact) mass is 407 g/mol. The number of ether oxygens (including phenoxy) is 2. The zero-order valence-electron chi connectivity index (χ0n) is 13.9. The second kappa shape index (κ2) is 7.43. The molecule has 0 spiro atoms. The lowest BCUT2D eigenvalue weighted by Crippen LogP contribution is -2.29. The molecule has 1 N–H and O–H groups in total. The molecule has 2 aromatic carbocycles. The molecule has 1 amide bonds. The van der Waals surface area contributed by atoms with Crippen molar-refractivity contribution in [2.45, 2.75) is 6.18 Å². The summed E-state index contributed by atoms with van der Waals surface area (Å²) in [6.07, 6.45) is -4.10. The molecule has 6 nitrogen and oxygen atoms in total. The van der Waals surface area contributed by atoms with E-state index in [9.17, 15) is 30.8 Å². The van der Waals surface area contributed by atoms with Crippen molar-refractivity contribution in [2.24, 2.45) is 0 Å². The molecule has 0 aromatic heterocycles. The SMILES string of the molecule is COc1cc(C(=O)NS(C)(=O)=O)ccc1Oc1ccc(F)c(C(F)(F)F)c1. The molecule has 0 unspecified atom stereocenters. The highest BCUT2D eigenvalue weighted by Gasteiger charge is 2.34. The largest absolute Gasteiger partial charge is 0.493 e. The number of benzene rings is 2. The average molecular weight is 407 g/mol. The van der Waals surface area contributed by atoms with Crippen LogP contribution in [0.4, 0.5) is 17.6 Å². The first-order valence-corrected chi connectivity index (χ1v) is 9.04. The summed E-state index contributed by atoms with van der Waals surface area (Å²) in [5.74, 6) is -2.80. The minimum absolute atomic E-state index is 0.0472. The van der Waals surface area contributed by atoms with Crippen LogP contribution >= 0.6 is 0 Å². The Balaban J connectivity index is 2.34. The molecule has 0 bridgehead atoms. The van der Waals surface area contributed by atoms with E-state index < -0.39 is 33.5 Å². The number of amides is 1. The lowest BCUT2D eigenvalue weighted by Gasteiger charge is -2.14. The van der Waals surface area contributed by atoms with Crippen molar-refractivity contribution < 1.29 is 40.2 Å². The van der Waals surface area contributed by atoms with Gasteiger partial charge in [-0.2, -0.15) is 13.2 Å². The van der Waals surface area contributed by atoms with Gasteiger partial charge >= 0.3 is 6.18 Å². The summed E-state index contributed by atoms with van der Waals surface area (Å²) < 4.78 is 85.9. The van der Waals surface area contributed by atoms with Crippen LogP contribution in [0, 0.1) is 5.82 Å². The molecule has 2 rings (SSSR count). The standard InChI is InChI=1S/C16H13F4NO5S/c1-25-14-7-9(15(22)21-27(2,23)24)3-6-13(14)26-10-4-5-12(17)11(8-10)16(18,19)20/h3-8H,1-2H3,(H,21,22). The lowest BCUT2D eigenvalue weighted by molar-refractivity contribution is -0.140. The Bertz CT molecular complexity index is 973. The molecule has 0 aliphatic carbocycles. The first kappa shape index (κ1) is 20.5. The Morgan fingerprint density at radius 1 is 1.07 bits per heavy atom. The maximum Gasteiger partial charge on any atom is 0.419 e. The molecular weight excluding hydrogens is 394 g/mol. The zero-order valence-corrected chi connectivity index (χ0v) is 14.7. The number of rotatable bonds is 5. The maximum absolute atomic E-state index is 13.3. The van der Waals surface area contributed by atoms with Crippen LogP contribution in [0.15, 0.2) is 36.4 Å². The first-order valence-electron chi connectivity index (χ1n) is 7.15. The van der Waals surface area contributed by atoms with Gasteiger partial charge in [0.2, 0.25) is 10.0 Å². The maximum atomic E-state index is 13.3. The summed E-state index contributed by atoms with van der Waals surface area (Å²) in [7, 11) is -2.57. The molecule has 0 aliphatic rings. The number of alkyl halides is 3. The summed E-state index contributed by atoms with van der Waals surface area (Å²) in [4.78, 5) is 11.8. The molecule has 0 aliphatic heterocycles. The van der Waals surface area contributed by atoms with Gasteiger partial charge in [-0.25, -0.2) is 17.5 Å². The van der Waals surface area contributed by atoms with Crippen molar-refractivity contribution in [3.05, 3.63) is 53.3 Å². The third-order valence-corrected chi connectivity index (χ3v) is 3.73. The smallest absolute Gasteiger partial charge is 0.419 e. The number of methoxy groups -OCH3 is 1. The Hall–Kier alpha value is -2.82. The number of halogens is 4.